The third kappa shape index (κ3) is 4.75. The zero-order chi connectivity index (χ0) is 18.5. The van der Waals surface area contributed by atoms with Gasteiger partial charge >= 0.3 is 0 Å². The van der Waals surface area contributed by atoms with Crippen LogP contribution in [0.3, 0.4) is 0 Å². The molecule has 0 N–H and O–H groups in total. The van der Waals surface area contributed by atoms with Crippen molar-refractivity contribution in [3.8, 4) is 0 Å². The van der Waals surface area contributed by atoms with Crippen LogP contribution in [0, 0.1) is 6.92 Å². The fourth-order valence-corrected chi connectivity index (χ4v) is 3.48. The highest BCUT2D eigenvalue weighted by Crippen LogP contribution is 2.11. The second kappa shape index (κ2) is 8.21. The van der Waals surface area contributed by atoms with Gasteiger partial charge in [0.1, 0.15) is 0 Å². The van der Waals surface area contributed by atoms with E-state index in [-0.39, 0.29) is 11.8 Å². The van der Waals surface area contributed by atoms with Gasteiger partial charge in [-0.2, -0.15) is 0 Å². The minimum atomic E-state index is 0.143. The second-order valence-electron chi connectivity index (χ2n) is 7.14. The van der Waals surface area contributed by atoms with Crippen LogP contribution in [-0.4, -0.2) is 52.4 Å². The largest absolute Gasteiger partial charge is 0.357 e. The summed E-state index contributed by atoms with van der Waals surface area (Å²) in [5.41, 5.74) is 3.26. The Hall–Kier alpha value is -2.56. The molecule has 0 spiro atoms. The van der Waals surface area contributed by atoms with Crippen LogP contribution in [-0.2, 0) is 29.5 Å². The highest BCUT2D eigenvalue weighted by molar-refractivity contribution is 5.80. The van der Waals surface area contributed by atoms with Crippen molar-refractivity contribution in [2.45, 2.75) is 26.2 Å². The van der Waals surface area contributed by atoms with Crippen molar-refractivity contribution in [3.63, 3.8) is 0 Å². The molecule has 2 aromatic rings. The lowest BCUT2D eigenvalue weighted by molar-refractivity contribution is -0.132. The first kappa shape index (κ1) is 18.2. The first-order chi connectivity index (χ1) is 12.5. The van der Waals surface area contributed by atoms with Gasteiger partial charge in [-0.25, -0.2) is 0 Å². The lowest BCUT2D eigenvalue weighted by Crippen LogP contribution is -2.38. The van der Waals surface area contributed by atoms with Crippen LogP contribution in [0.2, 0.25) is 0 Å². The average molecular weight is 353 g/mol. The SMILES string of the molecule is Cc1cccc(CC(=O)N2CCCN(C(=O)Cc3ccn(C)c3)CC2)c1. The summed E-state index contributed by atoms with van der Waals surface area (Å²) >= 11 is 0. The number of hydrogen-bond donors (Lipinski definition) is 0. The molecule has 0 bridgehead atoms. The molecular weight excluding hydrogens is 326 g/mol. The molecule has 0 radical (unpaired) electrons. The van der Waals surface area contributed by atoms with E-state index in [1.165, 1.54) is 5.56 Å². The summed E-state index contributed by atoms with van der Waals surface area (Å²) in [6.07, 6.45) is 5.63. The number of carbonyl (C=O) groups excluding carboxylic acids is 2. The number of aryl methyl sites for hydroxylation is 2. The van der Waals surface area contributed by atoms with E-state index in [2.05, 4.69) is 6.07 Å². The van der Waals surface area contributed by atoms with E-state index >= 15 is 0 Å². The highest BCUT2D eigenvalue weighted by atomic mass is 16.2. The summed E-state index contributed by atoms with van der Waals surface area (Å²) in [5, 5.41) is 0. The van der Waals surface area contributed by atoms with E-state index in [4.69, 9.17) is 0 Å². The number of rotatable bonds is 4. The molecule has 5 nitrogen and oxygen atoms in total. The molecule has 2 heterocycles. The highest BCUT2D eigenvalue weighted by Gasteiger charge is 2.22. The molecule has 1 aromatic carbocycles. The minimum Gasteiger partial charge on any atom is -0.357 e. The van der Waals surface area contributed by atoms with E-state index in [1.807, 2.05) is 65.0 Å². The van der Waals surface area contributed by atoms with Crippen molar-refractivity contribution in [3.05, 3.63) is 59.4 Å². The molecule has 2 amide bonds. The molecule has 1 aromatic heterocycles. The van der Waals surface area contributed by atoms with Gasteiger partial charge in [-0.15, -0.1) is 0 Å². The summed E-state index contributed by atoms with van der Waals surface area (Å²) in [5.74, 6) is 0.289. The second-order valence-corrected chi connectivity index (χ2v) is 7.14. The summed E-state index contributed by atoms with van der Waals surface area (Å²) in [6.45, 7) is 4.71. The zero-order valence-corrected chi connectivity index (χ0v) is 15.6. The Balaban J connectivity index is 1.54. The first-order valence-electron chi connectivity index (χ1n) is 9.23. The summed E-state index contributed by atoms with van der Waals surface area (Å²) < 4.78 is 1.96. The van der Waals surface area contributed by atoms with Gasteiger partial charge in [0.2, 0.25) is 11.8 Å². The van der Waals surface area contributed by atoms with Gasteiger partial charge in [-0.1, -0.05) is 29.8 Å². The molecule has 1 aliphatic heterocycles. The molecule has 5 heteroatoms. The Bertz CT molecular complexity index is 781. The molecule has 1 aliphatic rings. The first-order valence-corrected chi connectivity index (χ1v) is 9.23. The van der Waals surface area contributed by atoms with E-state index < -0.39 is 0 Å². The molecule has 1 saturated heterocycles. The molecule has 26 heavy (non-hydrogen) atoms. The Kier molecular flexibility index (Phi) is 5.76. The molecule has 0 unspecified atom stereocenters. The lowest BCUT2D eigenvalue weighted by atomic mass is 10.1. The van der Waals surface area contributed by atoms with E-state index in [9.17, 15) is 9.59 Å². The number of carbonyl (C=O) groups is 2. The van der Waals surface area contributed by atoms with Gasteiger partial charge in [0.15, 0.2) is 0 Å². The van der Waals surface area contributed by atoms with Crippen molar-refractivity contribution in [2.24, 2.45) is 7.05 Å². The van der Waals surface area contributed by atoms with Gasteiger partial charge in [0.05, 0.1) is 12.8 Å². The monoisotopic (exact) mass is 353 g/mol. The third-order valence-corrected chi connectivity index (χ3v) is 4.89. The molecular formula is C21H27N3O2. The molecule has 1 fully saturated rings. The Morgan fingerprint density at radius 2 is 1.58 bits per heavy atom. The van der Waals surface area contributed by atoms with Crippen molar-refractivity contribution in [2.75, 3.05) is 26.2 Å². The Morgan fingerprint density at radius 3 is 2.15 bits per heavy atom. The maximum Gasteiger partial charge on any atom is 0.227 e. The standard InChI is InChI=1S/C21H27N3O2/c1-17-5-3-6-18(13-17)14-20(25)23-8-4-9-24(12-11-23)21(26)15-19-7-10-22(2)16-19/h3,5-7,10,13,16H,4,8-9,11-12,14-15H2,1-2H3. The fraction of sp³-hybridized carbons (Fsp3) is 0.429. The summed E-state index contributed by atoms with van der Waals surface area (Å²) in [6, 6.07) is 10.1. The van der Waals surface area contributed by atoms with E-state index in [0.717, 1.165) is 30.6 Å². The van der Waals surface area contributed by atoms with Crippen LogP contribution in [0.15, 0.2) is 42.7 Å². The lowest BCUT2D eigenvalue weighted by Gasteiger charge is -2.22. The molecule has 0 aliphatic carbocycles. The number of nitrogens with zero attached hydrogens (tertiary/aromatic N) is 3. The number of aromatic nitrogens is 1. The predicted octanol–water partition coefficient (Wildman–Crippen LogP) is 2.18. The predicted molar refractivity (Wildman–Crippen MR) is 102 cm³/mol. The maximum absolute atomic E-state index is 12.6. The van der Waals surface area contributed by atoms with E-state index in [0.29, 0.717) is 25.9 Å². The van der Waals surface area contributed by atoms with Crippen molar-refractivity contribution >= 4 is 11.8 Å². The van der Waals surface area contributed by atoms with Crippen molar-refractivity contribution in [1.82, 2.24) is 14.4 Å². The smallest absolute Gasteiger partial charge is 0.227 e. The number of amides is 2. The molecule has 0 atom stereocenters. The van der Waals surface area contributed by atoms with Gasteiger partial charge in [0, 0.05) is 45.6 Å². The van der Waals surface area contributed by atoms with E-state index in [1.54, 1.807) is 0 Å². The minimum absolute atomic E-state index is 0.143. The maximum atomic E-state index is 12.6. The normalized spacial score (nSPS) is 15.0. The van der Waals surface area contributed by atoms with Crippen LogP contribution in [0.1, 0.15) is 23.1 Å². The molecule has 138 valence electrons. The molecule has 3 rings (SSSR count). The average Bonchev–Trinajstić information content (AvgIpc) is 2.85. The zero-order valence-electron chi connectivity index (χ0n) is 15.6. The third-order valence-electron chi connectivity index (χ3n) is 4.89. The van der Waals surface area contributed by atoms with Crippen LogP contribution in [0.25, 0.3) is 0 Å². The molecule has 0 saturated carbocycles. The van der Waals surface area contributed by atoms with Gasteiger partial charge in [-0.3, -0.25) is 9.59 Å². The van der Waals surface area contributed by atoms with Crippen LogP contribution >= 0.6 is 0 Å². The van der Waals surface area contributed by atoms with Gasteiger partial charge < -0.3 is 14.4 Å². The van der Waals surface area contributed by atoms with Gasteiger partial charge in [-0.05, 0) is 30.5 Å². The van der Waals surface area contributed by atoms with Crippen LogP contribution in [0.5, 0.6) is 0 Å². The van der Waals surface area contributed by atoms with Crippen molar-refractivity contribution < 1.29 is 9.59 Å². The van der Waals surface area contributed by atoms with Gasteiger partial charge in [0.25, 0.3) is 0 Å². The Morgan fingerprint density at radius 1 is 0.923 bits per heavy atom. The van der Waals surface area contributed by atoms with Crippen LogP contribution < -0.4 is 0 Å². The quantitative estimate of drug-likeness (QED) is 0.846. The van der Waals surface area contributed by atoms with Crippen LogP contribution in [0.4, 0.5) is 0 Å². The fourth-order valence-electron chi connectivity index (χ4n) is 3.48. The number of hydrogen-bond acceptors (Lipinski definition) is 2. The summed E-state index contributed by atoms with van der Waals surface area (Å²) in [7, 11) is 1.96. The van der Waals surface area contributed by atoms with Crippen molar-refractivity contribution in [1.29, 1.82) is 0 Å². The summed E-state index contributed by atoms with van der Waals surface area (Å²) in [4.78, 5) is 29.0. The Labute approximate surface area is 155 Å². The number of benzene rings is 1. The topological polar surface area (TPSA) is 45.6 Å².